The summed E-state index contributed by atoms with van der Waals surface area (Å²) in [6, 6.07) is 32.0. The van der Waals surface area contributed by atoms with Gasteiger partial charge in [0.2, 0.25) is 0 Å². The molecule has 0 unspecified atom stereocenters. The Morgan fingerprint density at radius 3 is 1.77 bits per heavy atom. The van der Waals surface area contributed by atoms with Crippen LogP contribution in [0.4, 0.5) is 11.5 Å². The molecule has 0 fully saturated rings. The molecule has 0 aliphatic heterocycles. The van der Waals surface area contributed by atoms with Gasteiger partial charge in [-0.05, 0) is 12.1 Å². The predicted octanol–water partition coefficient (Wildman–Crippen LogP) is 5.25. The Kier molecular flexibility index (Phi) is 4.56. The molecule has 4 nitrogen and oxygen atoms in total. The third-order valence-electron chi connectivity index (χ3n) is 3.94. The van der Waals surface area contributed by atoms with Crippen molar-refractivity contribution >= 4 is 11.5 Å². The lowest BCUT2D eigenvalue weighted by molar-refractivity contribution is 1.16. The molecule has 0 saturated carbocycles. The van der Waals surface area contributed by atoms with Crippen molar-refractivity contribution in [3.8, 4) is 22.6 Å². The van der Waals surface area contributed by atoms with Crippen LogP contribution in [0.1, 0.15) is 0 Å². The van der Waals surface area contributed by atoms with E-state index in [1.54, 1.807) is 0 Å². The van der Waals surface area contributed by atoms with E-state index in [2.05, 4.69) is 15.8 Å². The van der Waals surface area contributed by atoms with Crippen molar-refractivity contribution in [3.63, 3.8) is 0 Å². The first-order valence-electron chi connectivity index (χ1n) is 8.45. The van der Waals surface area contributed by atoms with Crippen LogP contribution in [0.15, 0.2) is 97.1 Å². The van der Waals surface area contributed by atoms with E-state index in [1.165, 1.54) is 0 Å². The first-order chi connectivity index (χ1) is 12.9. The summed E-state index contributed by atoms with van der Waals surface area (Å²) < 4.78 is 0. The molecule has 0 radical (unpaired) electrons. The van der Waals surface area contributed by atoms with Gasteiger partial charge in [0.1, 0.15) is 5.82 Å². The van der Waals surface area contributed by atoms with E-state index in [4.69, 9.17) is 4.98 Å². The van der Waals surface area contributed by atoms with Gasteiger partial charge in [-0.15, -0.1) is 0 Å². The van der Waals surface area contributed by atoms with Crippen LogP contribution in [0.25, 0.3) is 22.6 Å². The zero-order valence-electron chi connectivity index (χ0n) is 14.1. The number of rotatable bonds is 5. The van der Waals surface area contributed by atoms with Crippen molar-refractivity contribution in [2.75, 3.05) is 10.9 Å². The lowest BCUT2D eigenvalue weighted by atomic mass is 10.1. The van der Waals surface area contributed by atoms with E-state index in [0.717, 1.165) is 22.5 Å². The zero-order chi connectivity index (χ0) is 17.6. The second-order valence-electron chi connectivity index (χ2n) is 5.81. The van der Waals surface area contributed by atoms with Crippen LogP contribution in [0, 0.1) is 0 Å². The minimum Gasteiger partial charge on any atom is -0.300 e. The van der Waals surface area contributed by atoms with E-state index >= 15 is 0 Å². The first kappa shape index (κ1) is 15.8. The molecule has 0 bridgehead atoms. The number of anilines is 2. The van der Waals surface area contributed by atoms with E-state index in [1.807, 2.05) is 97.1 Å². The fourth-order valence-electron chi connectivity index (χ4n) is 2.64. The van der Waals surface area contributed by atoms with Crippen LogP contribution in [-0.4, -0.2) is 9.97 Å². The number of hydrogen-bond acceptors (Lipinski definition) is 4. The predicted molar refractivity (Wildman–Crippen MR) is 107 cm³/mol. The van der Waals surface area contributed by atoms with Crippen molar-refractivity contribution in [3.05, 3.63) is 97.1 Å². The Morgan fingerprint density at radius 2 is 1.12 bits per heavy atom. The van der Waals surface area contributed by atoms with Gasteiger partial charge < -0.3 is 0 Å². The van der Waals surface area contributed by atoms with Crippen LogP contribution >= 0.6 is 0 Å². The second kappa shape index (κ2) is 7.49. The molecule has 0 aliphatic carbocycles. The molecule has 2 N–H and O–H groups in total. The zero-order valence-corrected chi connectivity index (χ0v) is 14.1. The summed E-state index contributed by atoms with van der Waals surface area (Å²) in [5, 5.41) is 0. The number of nitrogens with zero attached hydrogens (tertiary/aromatic N) is 2. The van der Waals surface area contributed by atoms with Crippen molar-refractivity contribution in [1.82, 2.24) is 9.97 Å². The Labute approximate surface area is 152 Å². The molecule has 0 spiro atoms. The molecule has 1 aromatic heterocycles. The second-order valence-corrected chi connectivity index (χ2v) is 5.81. The summed E-state index contributed by atoms with van der Waals surface area (Å²) in [4.78, 5) is 9.41. The third-order valence-corrected chi connectivity index (χ3v) is 3.94. The molecule has 1 heterocycles. The number of para-hydroxylation sites is 1. The van der Waals surface area contributed by atoms with E-state index in [9.17, 15) is 0 Å². The minimum absolute atomic E-state index is 0.685. The summed E-state index contributed by atoms with van der Waals surface area (Å²) in [5.41, 5.74) is 10.2. The SMILES string of the molecule is c1ccc(NNc2cc(-c3ccccc3)nc(-c3ccccc3)n2)cc1. The van der Waals surface area contributed by atoms with Crippen LogP contribution in [-0.2, 0) is 0 Å². The minimum atomic E-state index is 0.685. The van der Waals surface area contributed by atoms with Gasteiger partial charge in [0.15, 0.2) is 5.82 Å². The molecule has 4 rings (SSSR count). The first-order valence-corrected chi connectivity index (χ1v) is 8.45. The summed E-state index contributed by atoms with van der Waals surface area (Å²) in [6.45, 7) is 0. The van der Waals surface area contributed by atoms with Crippen molar-refractivity contribution < 1.29 is 0 Å². The smallest absolute Gasteiger partial charge is 0.162 e. The summed E-state index contributed by atoms with van der Waals surface area (Å²) >= 11 is 0. The molecule has 4 aromatic rings. The van der Waals surface area contributed by atoms with Gasteiger partial charge in [0.25, 0.3) is 0 Å². The van der Waals surface area contributed by atoms with E-state index in [0.29, 0.717) is 11.6 Å². The van der Waals surface area contributed by atoms with E-state index in [-0.39, 0.29) is 0 Å². The van der Waals surface area contributed by atoms with E-state index < -0.39 is 0 Å². The van der Waals surface area contributed by atoms with Gasteiger partial charge in [-0.3, -0.25) is 10.9 Å². The highest BCUT2D eigenvalue weighted by Crippen LogP contribution is 2.24. The quantitative estimate of drug-likeness (QED) is 0.488. The highest BCUT2D eigenvalue weighted by Gasteiger charge is 2.08. The lowest BCUT2D eigenvalue weighted by Gasteiger charge is -2.12. The van der Waals surface area contributed by atoms with Crippen LogP contribution < -0.4 is 10.9 Å². The highest BCUT2D eigenvalue weighted by atomic mass is 15.4. The maximum absolute atomic E-state index is 4.75. The largest absolute Gasteiger partial charge is 0.300 e. The Morgan fingerprint density at radius 1 is 0.538 bits per heavy atom. The van der Waals surface area contributed by atoms with Gasteiger partial charge in [-0.25, -0.2) is 9.97 Å². The fraction of sp³-hybridized carbons (Fsp3) is 0. The van der Waals surface area contributed by atoms with Crippen LogP contribution in [0.5, 0.6) is 0 Å². The number of hydrazine groups is 1. The normalized spacial score (nSPS) is 10.3. The molecule has 126 valence electrons. The molecule has 0 amide bonds. The number of benzene rings is 3. The van der Waals surface area contributed by atoms with Gasteiger partial charge in [0, 0.05) is 17.2 Å². The van der Waals surface area contributed by atoms with Crippen LogP contribution in [0.2, 0.25) is 0 Å². The topological polar surface area (TPSA) is 49.8 Å². The highest BCUT2D eigenvalue weighted by molar-refractivity contribution is 5.68. The molecule has 3 aromatic carbocycles. The number of nitrogens with one attached hydrogen (secondary N) is 2. The summed E-state index contributed by atoms with van der Waals surface area (Å²) in [6.07, 6.45) is 0. The average molecular weight is 338 g/mol. The van der Waals surface area contributed by atoms with Crippen molar-refractivity contribution in [1.29, 1.82) is 0 Å². The number of hydrogen-bond donors (Lipinski definition) is 2. The van der Waals surface area contributed by atoms with Gasteiger partial charge in [-0.1, -0.05) is 78.9 Å². The average Bonchev–Trinajstić information content (AvgIpc) is 2.74. The lowest BCUT2D eigenvalue weighted by Crippen LogP contribution is -2.11. The number of aromatic nitrogens is 2. The monoisotopic (exact) mass is 338 g/mol. The molecule has 0 aliphatic rings. The third kappa shape index (κ3) is 3.70. The Balaban J connectivity index is 1.70. The van der Waals surface area contributed by atoms with Crippen LogP contribution in [0.3, 0.4) is 0 Å². The molecule has 0 atom stereocenters. The van der Waals surface area contributed by atoms with Gasteiger partial charge >= 0.3 is 0 Å². The maximum atomic E-state index is 4.75. The van der Waals surface area contributed by atoms with Crippen molar-refractivity contribution in [2.45, 2.75) is 0 Å². The Bertz CT molecular complexity index is 913. The summed E-state index contributed by atoms with van der Waals surface area (Å²) in [5.74, 6) is 1.39. The standard InChI is InChI=1S/C22H18N4/c1-4-10-17(11-5-1)20-16-21(26-25-19-14-8-3-9-15-19)24-22(23-20)18-12-6-2-7-13-18/h1-16,25H,(H,23,24,26). The van der Waals surface area contributed by atoms with Gasteiger partial charge in [-0.2, -0.15) is 0 Å². The summed E-state index contributed by atoms with van der Waals surface area (Å²) in [7, 11) is 0. The maximum Gasteiger partial charge on any atom is 0.162 e. The molecule has 26 heavy (non-hydrogen) atoms. The molecular weight excluding hydrogens is 320 g/mol. The molecular formula is C22H18N4. The van der Waals surface area contributed by atoms with Crippen molar-refractivity contribution in [2.24, 2.45) is 0 Å². The molecule has 4 heteroatoms. The van der Waals surface area contributed by atoms with Gasteiger partial charge in [0.05, 0.1) is 11.4 Å². The Hall–Kier alpha value is -3.66. The molecule has 0 saturated heterocycles. The fourth-order valence-corrected chi connectivity index (χ4v) is 2.64.